The highest BCUT2D eigenvalue weighted by Gasteiger charge is 2.33. The Bertz CT molecular complexity index is 918. The van der Waals surface area contributed by atoms with Crippen LogP contribution in [-0.2, 0) is 11.2 Å². The summed E-state index contributed by atoms with van der Waals surface area (Å²) in [5.74, 6) is 0.580. The molecule has 1 saturated carbocycles. The van der Waals surface area contributed by atoms with Gasteiger partial charge in [0.1, 0.15) is 17.3 Å². The molecule has 0 unspecified atom stereocenters. The molecule has 0 N–H and O–H groups in total. The van der Waals surface area contributed by atoms with Crippen LogP contribution in [0, 0.1) is 17.6 Å². The Morgan fingerprint density at radius 1 is 1.17 bits per heavy atom. The molecular formula is C21H24F2N4O2. The van der Waals surface area contributed by atoms with Gasteiger partial charge in [-0.05, 0) is 44.7 Å². The summed E-state index contributed by atoms with van der Waals surface area (Å²) in [7, 11) is 0. The molecule has 154 valence electrons. The largest absolute Gasteiger partial charge is 0.490 e. The molecule has 0 spiro atoms. The van der Waals surface area contributed by atoms with E-state index in [0.29, 0.717) is 31.3 Å². The van der Waals surface area contributed by atoms with E-state index < -0.39 is 11.6 Å². The summed E-state index contributed by atoms with van der Waals surface area (Å²) in [6, 6.07) is 3.60. The molecule has 6 nitrogen and oxygen atoms in total. The molecule has 1 aromatic carbocycles. The summed E-state index contributed by atoms with van der Waals surface area (Å²) >= 11 is 0. The van der Waals surface area contributed by atoms with Crippen LogP contribution in [0.25, 0.3) is 0 Å². The predicted molar refractivity (Wildman–Crippen MR) is 105 cm³/mol. The first-order valence-electron chi connectivity index (χ1n) is 10.0. The average Bonchev–Trinajstić information content (AvgIpc) is 2.68. The van der Waals surface area contributed by atoms with Gasteiger partial charge in [-0.15, -0.1) is 0 Å². The van der Waals surface area contributed by atoms with Crippen molar-refractivity contribution in [2.45, 2.75) is 39.2 Å². The highest BCUT2D eigenvalue weighted by molar-refractivity contribution is 6.02. The van der Waals surface area contributed by atoms with Gasteiger partial charge in [0, 0.05) is 25.6 Å². The fourth-order valence-electron chi connectivity index (χ4n) is 3.93. The standard InChI is InChI=1S/C21H24F2N4O2/c1-3-26-12-20(28)27(4-2)18-11-24-19(25-21(18)26)9-13-7-15(8-13)29-14-5-6-16(22)17(23)10-14/h5-6,10-11,13,15H,3-4,7-9,12H2,1-2H3. The van der Waals surface area contributed by atoms with Crippen molar-refractivity contribution in [1.29, 1.82) is 0 Å². The summed E-state index contributed by atoms with van der Waals surface area (Å²) in [6.07, 6.45) is 4.09. The number of hydrogen-bond acceptors (Lipinski definition) is 5. The number of hydrogen-bond donors (Lipinski definition) is 0. The SMILES string of the molecule is CCN1CC(=O)N(CC)c2cnc(CC3CC(Oc4ccc(F)c(F)c4)C3)nc21. The van der Waals surface area contributed by atoms with E-state index in [0.717, 1.165) is 48.7 Å². The molecule has 29 heavy (non-hydrogen) atoms. The lowest BCUT2D eigenvalue weighted by Crippen LogP contribution is -2.46. The highest BCUT2D eigenvalue weighted by atomic mass is 19.2. The van der Waals surface area contributed by atoms with E-state index in [1.165, 1.54) is 6.07 Å². The minimum Gasteiger partial charge on any atom is -0.490 e. The summed E-state index contributed by atoms with van der Waals surface area (Å²) in [6.45, 7) is 5.59. The Morgan fingerprint density at radius 2 is 1.97 bits per heavy atom. The quantitative estimate of drug-likeness (QED) is 0.742. The van der Waals surface area contributed by atoms with Gasteiger partial charge < -0.3 is 14.5 Å². The van der Waals surface area contributed by atoms with E-state index >= 15 is 0 Å². The van der Waals surface area contributed by atoms with Crippen LogP contribution < -0.4 is 14.5 Å². The zero-order chi connectivity index (χ0) is 20.5. The number of likely N-dealkylation sites (N-methyl/N-ethyl adjacent to an activating group) is 2. The van der Waals surface area contributed by atoms with Gasteiger partial charge in [-0.2, -0.15) is 0 Å². The number of aromatic nitrogens is 2. The number of anilines is 2. The Labute approximate surface area is 168 Å². The van der Waals surface area contributed by atoms with Gasteiger partial charge in [0.25, 0.3) is 0 Å². The number of carbonyl (C=O) groups is 1. The first-order valence-corrected chi connectivity index (χ1v) is 10.0. The van der Waals surface area contributed by atoms with Crippen LogP contribution in [0.4, 0.5) is 20.3 Å². The third kappa shape index (κ3) is 3.88. The maximum atomic E-state index is 13.3. The van der Waals surface area contributed by atoms with E-state index in [2.05, 4.69) is 4.98 Å². The lowest BCUT2D eigenvalue weighted by atomic mass is 9.80. The van der Waals surface area contributed by atoms with Crippen LogP contribution in [0.5, 0.6) is 5.75 Å². The number of halogens is 2. The van der Waals surface area contributed by atoms with Crippen molar-refractivity contribution in [2.75, 3.05) is 29.4 Å². The van der Waals surface area contributed by atoms with Crippen molar-refractivity contribution in [1.82, 2.24) is 9.97 Å². The van der Waals surface area contributed by atoms with Crippen LogP contribution in [0.15, 0.2) is 24.4 Å². The minimum absolute atomic E-state index is 0.0113. The topological polar surface area (TPSA) is 58.6 Å². The fraction of sp³-hybridized carbons (Fsp3) is 0.476. The Morgan fingerprint density at radius 3 is 2.66 bits per heavy atom. The van der Waals surface area contributed by atoms with Crippen LogP contribution in [0.3, 0.4) is 0 Å². The summed E-state index contributed by atoms with van der Waals surface area (Å²) in [5, 5.41) is 0. The minimum atomic E-state index is -0.902. The summed E-state index contributed by atoms with van der Waals surface area (Å²) < 4.78 is 32.0. The van der Waals surface area contributed by atoms with Gasteiger partial charge in [-0.25, -0.2) is 18.7 Å². The lowest BCUT2D eigenvalue weighted by Gasteiger charge is -2.36. The Balaban J connectivity index is 1.39. The maximum absolute atomic E-state index is 13.3. The molecule has 1 fully saturated rings. The molecule has 1 aromatic heterocycles. The number of benzene rings is 1. The van der Waals surface area contributed by atoms with Gasteiger partial charge in [0.15, 0.2) is 17.5 Å². The van der Waals surface area contributed by atoms with E-state index in [1.807, 2.05) is 18.7 Å². The van der Waals surface area contributed by atoms with Crippen molar-refractivity contribution in [3.8, 4) is 5.75 Å². The number of rotatable bonds is 6. The van der Waals surface area contributed by atoms with Gasteiger partial charge in [0.05, 0.1) is 18.8 Å². The van der Waals surface area contributed by atoms with Crippen molar-refractivity contribution >= 4 is 17.4 Å². The molecule has 2 aliphatic rings. The van der Waals surface area contributed by atoms with E-state index in [-0.39, 0.29) is 12.0 Å². The Kier molecular flexibility index (Phi) is 5.34. The summed E-state index contributed by atoms with van der Waals surface area (Å²) in [5.41, 5.74) is 0.766. The molecule has 2 aromatic rings. The summed E-state index contributed by atoms with van der Waals surface area (Å²) in [4.78, 5) is 25.2. The number of carbonyl (C=O) groups excluding carboxylic acids is 1. The zero-order valence-electron chi connectivity index (χ0n) is 16.6. The molecule has 0 bridgehead atoms. The smallest absolute Gasteiger partial charge is 0.246 e. The van der Waals surface area contributed by atoms with E-state index in [4.69, 9.17) is 9.72 Å². The maximum Gasteiger partial charge on any atom is 0.246 e. The van der Waals surface area contributed by atoms with Gasteiger partial charge >= 0.3 is 0 Å². The molecule has 0 saturated heterocycles. The zero-order valence-corrected chi connectivity index (χ0v) is 16.6. The highest BCUT2D eigenvalue weighted by Crippen LogP contribution is 2.35. The van der Waals surface area contributed by atoms with Crippen molar-refractivity contribution in [3.05, 3.63) is 41.9 Å². The third-order valence-electron chi connectivity index (χ3n) is 5.57. The van der Waals surface area contributed by atoms with Crippen molar-refractivity contribution in [3.63, 3.8) is 0 Å². The normalized spacial score (nSPS) is 21.0. The molecule has 0 atom stereocenters. The first-order chi connectivity index (χ1) is 14.0. The van der Waals surface area contributed by atoms with E-state index in [9.17, 15) is 13.6 Å². The van der Waals surface area contributed by atoms with Gasteiger partial charge in [-0.3, -0.25) is 4.79 Å². The molecule has 4 rings (SSSR count). The monoisotopic (exact) mass is 402 g/mol. The molecule has 2 heterocycles. The van der Waals surface area contributed by atoms with Crippen LogP contribution >= 0.6 is 0 Å². The number of nitrogens with zero attached hydrogens (tertiary/aromatic N) is 4. The third-order valence-corrected chi connectivity index (χ3v) is 5.57. The molecular weight excluding hydrogens is 378 g/mol. The predicted octanol–water partition coefficient (Wildman–Crippen LogP) is 3.35. The Hall–Kier alpha value is -2.77. The molecule has 8 heteroatoms. The van der Waals surface area contributed by atoms with E-state index in [1.54, 1.807) is 11.1 Å². The van der Waals surface area contributed by atoms with Crippen molar-refractivity contribution < 1.29 is 18.3 Å². The molecule has 1 amide bonds. The lowest BCUT2D eigenvalue weighted by molar-refractivity contribution is -0.117. The van der Waals surface area contributed by atoms with Crippen LogP contribution in [0.1, 0.15) is 32.5 Å². The molecule has 0 radical (unpaired) electrons. The van der Waals surface area contributed by atoms with Gasteiger partial charge in [-0.1, -0.05) is 0 Å². The van der Waals surface area contributed by atoms with Crippen molar-refractivity contribution in [2.24, 2.45) is 5.92 Å². The first kappa shape index (κ1) is 19.5. The number of fused-ring (bicyclic) bond motifs is 1. The average molecular weight is 402 g/mol. The van der Waals surface area contributed by atoms with Crippen LogP contribution in [0.2, 0.25) is 0 Å². The molecule has 1 aliphatic carbocycles. The second-order valence-electron chi connectivity index (χ2n) is 7.50. The second-order valence-corrected chi connectivity index (χ2v) is 7.50. The second kappa shape index (κ2) is 7.93. The van der Waals surface area contributed by atoms with Gasteiger partial charge in [0.2, 0.25) is 5.91 Å². The molecule has 1 aliphatic heterocycles. The number of amides is 1. The van der Waals surface area contributed by atoms with Crippen LogP contribution in [-0.4, -0.2) is 41.6 Å². The number of ether oxygens (including phenoxy) is 1. The fourth-order valence-corrected chi connectivity index (χ4v) is 3.93.